The number of benzene rings is 2. The van der Waals surface area contributed by atoms with Crippen molar-refractivity contribution < 1.29 is 14.3 Å². The minimum Gasteiger partial charge on any atom is -0.450 e. The first kappa shape index (κ1) is 26.8. The molecule has 1 heterocycles. The van der Waals surface area contributed by atoms with Crippen LogP contribution in [0.2, 0.25) is 0 Å². The topological polar surface area (TPSA) is 110 Å². The summed E-state index contributed by atoms with van der Waals surface area (Å²) < 4.78 is 5.12. The van der Waals surface area contributed by atoms with E-state index in [0.717, 1.165) is 66.5 Å². The number of carbonyl (C=O) groups excluding carboxylic acids is 2. The summed E-state index contributed by atoms with van der Waals surface area (Å²) in [6, 6.07) is 20.3. The van der Waals surface area contributed by atoms with Crippen LogP contribution in [-0.4, -0.2) is 46.8 Å². The number of hydrogen-bond donors (Lipinski definition) is 2. The van der Waals surface area contributed by atoms with E-state index in [4.69, 9.17) is 10.5 Å². The van der Waals surface area contributed by atoms with E-state index < -0.39 is 0 Å². The van der Waals surface area contributed by atoms with Crippen LogP contribution in [0.3, 0.4) is 0 Å². The van der Waals surface area contributed by atoms with Gasteiger partial charge in [-0.25, -0.2) is 4.79 Å². The monoisotopic (exact) mass is 527 g/mol. The number of aromatic nitrogens is 2. The third kappa shape index (κ3) is 6.28. The second-order valence-corrected chi connectivity index (χ2v) is 10.8. The minimum atomic E-state index is -0.280. The number of rotatable bonds is 8. The number of nitrogens with one attached hydrogen (secondary N) is 1. The molecule has 8 nitrogen and oxygen atoms in total. The highest BCUT2D eigenvalue weighted by molar-refractivity contribution is 5.91. The lowest BCUT2D eigenvalue weighted by molar-refractivity contribution is -0.117. The maximum atomic E-state index is 13.0. The van der Waals surface area contributed by atoms with Gasteiger partial charge < -0.3 is 20.7 Å². The van der Waals surface area contributed by atoms with Crippen LogP contribution in [0.25, 0.3) is 22.4 Å². The number of anilines is 1. The van der Waals surface area contributed by atoms with Gasteiger partial charge in [-0.05, 0) is 68.6 Å². The van der Waals surface area contributed by atoms with Crippen LogP contribution in [0.5, 0.6) is 0 Å². The first-order valence-corrected chi connectivity index (χ1v) is 13.9. The summed E-state index contributed by atoms with van der Waals surface area (Å²) in [6.45, 7) is 2.18. The second kappa shape index (κ2) is 11.5. The molecule has 5 rings (SSSR count). The summed E-state index contributed by atoms with van der Waals surface area (Å²) in [5.41, 5.74) is 11.0. The molecule has 3 N–H and O–H groups in total. The average molecular weight is 528 g/mol. The molecule has 0 spiro atoms. The predicted molar refractivity (Wildman–Crippen MR) is 152 cm³/mol. The Balaban J connectivity index is 1.26. The first-order chi connectivity index (χ1) is 18.9. The molecule has 39 heavy (non-hydrogen) atoms. The molecule has 0 unspecified atom stereocenters. The molecule has 0 radical (unpaired) electrons. The van der Waals surface area contributed by atoms with Gasteiger partial charge in [-0.3, -0.25) is 4.79 Å². The van der Waals surface area contributed by atoms with Crippen LogP contribution in [0.15, 0.2) is 60.7 Å². The summed E-state index contributed by atoms with van der Waals surface area (Å²) in [4.78, 5) is 26.7. The van der Waals surface area contributed by atoms with Crippen molar-refractivity contribution in [3.8, 4) is 22.4 Å². The highest BCUT2D eigenvalue weighted by Crippen LogP contribution is 2.43. The quantitative estimate of drug-likeness (QED) is 0.387. The maximum absolute atomic E-state index is 13.0. The lowest BCUT2D eigenvalue weighted by atomic mass is 9.83. The molecule has 204 valence electrons. The number of ether oxygens (including phenoxy) is 1. The number of carbonyl (C=O) groups is 2. The molecule has 0 saturated heterocycles. The number of hydrogen-bond acceptors (Lipinski definition) is 6. The minimum absolute atomic E-state index is 0.0692. The molecule has 0 aliphatic heterocycles. The van der Waals surface area contributed by atoms with Crippen molar-refractivity contribution in [1.29, 1.82) is 0 Å². The van der Waals surface area contributed by atoms with E-state index in [2.05, 4.69) is 27.6 Å². The van der Waals surface area contributed by atoms with Crippen LogP contribution in [0.1, 0.15) is 57.4 Å². The highest BCUT2D eigenvalue weighted by Gasteiger charge is 2.39. The third-order valence-corrected chi connectivity index (χ3v) is 8.06. The summed E-state index contributed by atoms with van der Waals surface area (Å²) in [5, 5.41) is 11.9. The Labute approximate surface area is 230 Å². The molecular formula is C31H37N5O3. The van der Waals surface area contributed by atoms with Crippen molar-refractivity contribution >= 4 is 17.8 Å². The fourth-order valence-corrected chi connectivity index (χ4v) is 5.45. The van der Waals surface area contributed by atoms with Crippen LogP contribution < -0.4 is 11.1 Å². The fourth-order valence-electron chi connectivity index (χ4n) is 5.45. The Bertz CT molecular complexity index is 1300. The average Bonchev–Trinajstić information content (AvgIpc) is 3.72. The molecule has 2 saturated carbocycles. The summed E-state index contributed by atoms with van der Waals surface area (Å²) in [5.74, 6) is 0.641. The van der Waals surface area contributed by atoms with Crippen molar-refractivity contribution in [2.24, 2.45) is 11.7 Å². The Morgan fingerprint density at radius 3 is 2.33 bits per heavy atom. The van der Waals surface area contributed by atoms with Gasteiger partial charge in [0.2, 0.25) is 5.91 Å². The van der Waals surface area contributed by atoms with Crippen LogP contribution in [0.4, 0.5) is 10.6 Å². The standard InChI is InChI=1S/C31H37N5O3/c1-3-39-30(38)36(2)25-15-9-21(10-16-25)19-28(37)33-27-20-26(22-7-5-4-6-8-22)29(35-34-27)23-11-13-24(14-12-23)31(32)17-18-31/h4-8,11-14,20-21,25H,3,9-10,15-19,32H2,1-2H3,(H,33,34,37)/t21-,25-. The summed E-state index contributed by atoms with van der Waals surface area (Å²) >= 11 is 0. The van der Waals surface area contributed by atoms with Gasteiger partial charge in [0.1, 0.15) is 5.69 Å². The molecule has 2 aliphatic rings. The molecule has 2 amide bonds. The first-order valence-electron chi connectivity index (χ1n) is 13.9. The Morgan fingerprint density at radius 1 is 1.00 bits per heavy atom. The van der Waals surface area contributed by atoms with Gasteiger partial charge in [0.05, 0.1) is 6.61 Å². The Kier molecular flexibility index (Phi) is 7.93. The van der Waals surface area contributed by atoms with Gasteiger partial charge in [0.15, 0.2) is 5.82 Å². The number of nitrogens with zero attached hydrogens (tertiary/aromatic N) is 3. The largest absolute Gasteiger partial charge is 0.450 e. The van der Waals surface area contributed by atoms with Gasteiger partial charge in [0, 0.05) is 36.2 Å². The molecule has 0 atom stereocenters. The van der Waals surface area contributed by atoms with Gasteiger partial charge in [0.25, 0.3) is 0 Å². The molecule has 8 heteroatoms. The van der Waals surface area contributed by atoms with Gasteiger partial charge in [-0.2, -0.15) is 0 Å². The van der Waals surface area contributed by atoms with E-state index in [1.165, 1.54) is 0 Å². The van der Waals surface area contributed by atoms with Crippen molar-refractivity contribution in [3.63, 3.8) is 0 Å². The molecule has 3 aromatic rings. The van der Waals surface area contributed by atoms with Crippen molar-refractivity contribution in [2.75, 3.05) is 19.0 Å². The van der Waals surface area contributed by atoms with Crippen molar-refractivity contribution in [1.82, 2.24) is 15.1 Å². The molecule has 2 fully saturated rings. The van der Waals surface area contributed by atoms with Crippen molar-refractivity contribution in [2.45, 2.75) is 63.5 Å². The Morgan fingerprint density at radius 2 is 1.69 bits per heavy atom. The fraction of sp³-hybridized carbons (Fsp3) is 0.419. The normalized spacial score (nSPS) is 19.7. The molecule has 2 aromatic carbocycles. The van der Waals surface area contributed by atoms with Gasteiger partial charge in [-0.15, -0.1) is 10.2 Å². The van der Waals surface area contributed by atoms with E-state index >= 15 is 0 Å². The molecule has 0 bridgehead atoms. The zero-order valence-corrected chi connectivity index (χ0v) is 22.7. The third-order valence-electron chi connectivity index (χ3n) is 8.06. The predicted octanol–water partition coefficient (Wildman–Crippen LogP) is 5.73. The highest BCUT2D eigenvalue weighted by atomic mass is 16.6. The lowest BCUT2D eigenvalue weighted by Crippen LogP contribution is -2.40. The number of nitrogens with two attached hydrogens (primary N) is 1. The Hall–Kier alpha value is -3.78. The molecular weight excluding hydrogens is 490 g/mol. The van der Waals surface area contributed by atoms with E-state index in [1.54, 1.807) is 11.9 Å². The van der Waals surface area contributed by atoms with Gasteiger partial charge in [-0.1, -0.05) is 54.6 Å². The van der Waals surface area contributed by atoms with Crippen molar-refractivity contribution in [3.05, 3.63) is 66.2 Å². The van der Waals surface area contributed by atoms with Gasteiger partial charge >= 0.3 is 6.09 Å². The summed E-state index contributed by atoms with van der Waals surface area (Å²) in [7, 11) is 1.79. The SMILES string of the molecule is CCOC(=O)N(C)[C@H]1CC[C@H](CC(=O)Nc2cc(-c3ccccc3)c(-c3ccc(C4(N)CC4)cc3)nn2)CC1. The lowest BCUT2D eigenvalue weighted by Gasteiger charge is -2.33. The number of amides is 2. The van der Waals surface area contributed by atoms with Crippen LogP contribution in [0, 0.1) is 5.92 Å². The maximum Gasteiger partial charge on any atom is 0.409 e. The van der Waals surface area contributed by atoms with Crippen LogP contribution in [-0.2, 0) is 15.1 Å². The molecule has 2 aliphatic carbocycles. The smallest absolute Gasteiger partial charge is 0.409 e. The summed E-state index contributed by atoms with van der Waals surface area (Å²) in [6.07, 6.45) is 5.68. The second-order valence-electron chi connectivity index (χ2n) is 10.8. The molecule has 1 aromatic heterocycles. The van der Waals surface area contributed by atoms with E-state index in [1.807, 2.05) is 55.5 Å². The van der Waals surface area contributed by atoms with Crippen LogP contribution >= 0.6 is 0 Å². The van der Waals surface area contributed by atoms with E-state index in [0.29, 0.717) is 18.8 Å². The van der Waals surface area contributed by atoms with E-state index in [-0.39, 0.29) is 29.5 Å². The zero-order valence-electron chi connectivity index (χ0n) is 22.7. The van der Waals surface area contributed by atoms with E-state index in [9.17, 15) is 9.59 Å². The zero-order chi connectivity index (χ0) is 27.4.